The number of amides is 1. The Labute approximate surface area is 148 Å². The van der Waals surface area contributed by atoms with Gasteiger partial charge >= 0.3 is 0 Å². The smallest absolute Gasteiger partial charge is 0.255 e. The van der Waals surface area contributed by atoms with E-state index in [0.29, 0.717) is 12.2 Å². The fourth-order valence-electron chi connectivity index (χ4n) is 2.47. The Hall–Kier alpha value is -3.07. The van der Waals surface area contributed by atoms with Gasteiger partial charge < -0.3 is 10.1 Å². The van der Waals surface area contributed by atoms with Crippen molar-refractivity contribution in [3.8, 4) is 5.75 Å². The largest absolute Gasteiger partial charge is 0.489 e. The molecule has 0 bridgehead atoms. The van der Waals surface area contributed by atoms with Crippen LogP contribution in [0, 0.1) is 0 Å². The number of carbonyl (C=O) groups excluding carboxylic acids is 1. The van der Waals surface area contributed by atoms with Crippen LogP contribution in [0.3, 0.4) is 0 Å². The number of benzene rings is 3. The first-order valence-electron chi connectivity index (χ1n) is 8.41. The lowest BCUT2D eigenvalue weighted by Crippen LogP contribution is -2.11. The van der Waals surface area contributed by atoms with Crippen LogP contribution in [0.2, 0.25) is 0 Å². The molecule has 3 aromatic carbocycles. The zero-order chi connectivity index (χ0) is 17.5. The van der Waals surface area contributed by atoms with Gasteiger partial charge in [-0.2, -0.15) is 0 Å². The van der Waals surface area contributed by atoms with Crippen LogP contribution in [0.5, 0.6) is 5.75 Å². The minimum atomic E-state index is -0.111. The van der Waals surface area contributed by atoms with Gasteiger partial charge in [0.25, 0.3) is 5.91 Å². The Kier molecular flexibility index (Phi) is 5.47. The number of anilines is 1. The first kappa shape index (κ1) is 16.8. The first-order chi connectivity index (χ1) is 12.2. The highest BCUT2D eigenvalue weighted by molar-refractivity contribution is 6.04. The second-order valence-electron chi connectivity index (χ2n) is 5.80. The third kappa shape index (κ3) is 4.70. The molecule has 0 spiro atoms. The average molecular weight is 331 g/mol. The predicted octanol–water partition coefficient (Wildman–Crippen LogP) is 5.08. The van der Waals surface area contributed by atoms with Gasteiger partial charge in [-0.1, -0.05) is 49.4 Å². The summed E-state index contributed by atoms with van der Waals surface area (Å²) in [6.07, 6.45) is 0.965. The molecule has 0 atom stereocenters. The minimum Gasteiger partial charge on any atom is -0.489 e. The third-order valence-electron chi connectivity index (χ3n) is 3.98. The SMILES string of the molecule is CCc1ccc(C(=O)Nc2ccc(OCc3ccccc3)cc2)cc1. The Morgan fingerprint density at radius 1 is 0.840 bits per heavy atom. The molecule has 0 saturated heterocycles. The van der Waals surface area contributed by atoms with E-state index in [1.807, 2.05) is 78.9 Å². The van der Waals surface area contributed by atoms with Crippen LogP contribution in [0.15, 0.2) is 78.9 Å². The highest BCUT2D eigenvalue weighted by Crippen LogP contribution is 2.18. The fourth-order valence-corrected chi connectivity index (χ4v) is 2.47. The van der Waals surface area contributed by atoms with E-state index in [-0.39, 0.29) is 5.91 Å². The van der Waals surface area contributed by atoms with Crippen LogP contribution < -0.4 is 10.1 Å². The van der Waals surface area contributed by atoms with Crippen molar-refractivity contribution in [2.75, 3.05) is 5.32 Å². The number of hydrogen-bond donors (Lipinski definition) is 1. The lowest BCUT2D eigenvalue weighted by atomic mass is 10.1. The molecule has 0 aliphatic carbocycles. The maximum absolute atomic E-state index is 12.3. The minimum absolute atomic E-state index is 0.111. The summed E-state index contributed by atoms with van der Waals surface area (Å²) in [4.78, 5) is 12.3. The third-order valence-corrected chi connectivity index (χ3v) is 3.98. The topological polar surface area (TPSA) is 38.3 Å². The zero-order valence-electron chi connectivity index (χ0n) is 14.2. The Balaban J connectivity index is 1.57. The van der Waals surface area contributed by atoms with Crippen LogP contribution >= 0.6 is 0 Å². The van der Waals surface area contributed by atoms with Gasteiger partial charge in [-0.15, -0.1) is 0 Å². The van der Waals surface area contributed by atoms with E-state index >= 15 is 0 Å². The molecule has 3 rings (SSSR count). The molecule has 0 aliphatic heterocycles. The summed E-state index contributed by atoms with van der Waals surface area (Å²) in [6.45, 7) is 2.62. The molecule has 25 heavy (non-hydrogen) atoms. The number of ether oxygens (including phenoxy) is 1. The predicted molar refractivity (Wildman–Crippen MR) is 101 cm³/mol. The van der Waals surface area contributed by atoms with Gasteiger partial charge in [0.15, 0.2) is 0 Å². The highest BCUT2D eigenvalue weighted by atomic mass is 16.5. The van der Waals surface area contributed by atoms with Crippen molar-refractivity contribution in [2.24, 2.45) is 0 Å². The number of aryl methyl sites for hydroxylation is 1. The van der Waals surface area contributed by atoms with E-state index < -0.39 is 0 Å². The lowest BCUT2D eigenvalue weighted by molar-refractivity contribution is 0.102. The molecule has 3 heteroatoms. The molecule has 0 fully saturated rings. The van der Waals surface area contributed by atoms with Crippen molar-refractivity contribution in [1.82, 2.24) is 0 Å². The van der Waals surface area contributed by atoms with Crippen molar-refractivity contribution in [3.05, 3.63) is 95.6 Å². The molecule has 0 radical (unpaired) electrons. The van der Waals surface area contributed by atoms with E-state index in [9.17, 15) is 4.79 Å². The summed E-state index contributed by atoms with van der Waals surface area (Å²) >= 11 is 0. The standard InChI is InChI=1S/C22H21NO2/c1-2-17-8-10-19(11-9-17)22(24)23-20-12-14-21(15-13-20)25-16-18-6-4-3-5-7-18/h3-15H,2,16H2,1H3,(H,23,24). The van der Waals surface area contributed by atoms with E-state index in [4.69, 9.17) is 4.74 Å². The summed E-state index contributed by atoms with van der Waals surface area (Å²) in [5, 5.41) is 2.90. The molecule has 0 heterocycles. The molecular weight excluding hydrogens is 310 g/mol. The van der Waals surface area contributed by atoms with Crippen molar-refractivity contribution < 1.29 is 9.53 Å². The monoisotopic (exact) mass is 331 g/mol. The summed E-state index contributed by atoms with van der Waals surface area (Å²) in [6, 6.07) is 25.1. The average Bonchev–Trinajstić information content (AvgIpc) is 2.68. The van der Waals surface area contributed by atoms with Crippen molar-refractivity contribution >= 4 is 11.6 Å². The molecule has 126 valence electrons. The molecular formula is C22H21NO2. The molecule has 0 unspecified atom stereocenters. The first-order valence-corrected chi connectivity index (χ1v) is 8.41. The number of nitrogens with one attached hydrogen (secondary N) is 1. The van der Waals surface area contributed by atoms with Gasteiger partial charge in [-0.25, -0.2) is 0 Å². The highest BCUT2D eigenvalue weighted by Gasteiger charge is 2.06. The van der Waals surface area contributed by atoms with Crippen molar-refractivity contribution in [3.63, 3.8) is 0 Å². The summed E-state index contributed by atoms with van der Waals surface area (Å²) in [5.74, 6) is 0.662. The van der Waals surface area contributed by atoms with Crippen molar-refractivity contribution in [1.29, 1.82) is 0 Å². The summed E-state index contributed by atoms with van der Waals surface area (Å²) in [7, 11) is 0. The van der Waals surface area contributed by atoms with E-state index in [1.54, 1.807) is 0 Å². The lowest BCUT2D eigenvalue weighted by Gasteiger charge is -2.09. The Morgan fingerprint density at radius 2 is 1.52 bits per heavy atom. The van der Waals surface area contributed by atoms with Gasteiger partial charge in [0, 0.05) is 11.3 Å². The molecule has 1 amide bonds. The number of hydrogen-bond acceptors (Lipinski definition) is 2. The van der Waals surface area contributed by atoms with Gasteiger partial charge in [-0.05, 0) is 53.9 Å². The van der Waals surface area contributed by atoms with Gasteiger partial charge in [0.2, 0.25) is 0 Å². The molecule has 0 aliphatic rings. The van der Waals surface area contributed by atoms with Crippen LogP contribution in [-0.2, 0) is 13.0 Å². The Morgan fingerprint density at radius 3 is 2.16 bits per heavy atom. The maximum atomic E-state index is 12.3. The van der Waals surface area contributed by atoms with Gasteiger partial charge in [-0.3, -0.25) is 4.79 Å². The molecule has 1 N–H and O–H groups in total. The summed E-state index contributed by atoms with van der Waals surface area (Å²) < 4.78 is 5.75. The molecule has 0 saturated carbocycles. The summed E-state index contributed by atoms with van der Waals surface area (Å²) in [5.41, 5.74) is 3.74. The van der Waals surface area contributed by atoms with Crippen LogP contribution in [-0.4, -0.2) is 5.91 Å². The normalized spacial score (nSPS) is 10.3. The number of rotatable bonds is 6. The molecule has 0 aromatic heterocycles. The molecule has 3 nitrogen and oxygen atoms in total. The zero-order valence-corrected chi connectivity index (χ0v) is 14.2. The van der Waals surface area contributed by atoms with E-state index in [2.05, 4.69) is 12.2 Å². The maximum Gasteiger partial charge on any atom is 0.255 e. The van der Waals surface area contributed by atoms with Crippen LogP contribution in [0.25, 0.3) is 0 Å². The van der Waals surface area contributed by atoms with Crippen LogP contribution in [0.4, 0.5) is 5.69 Å². The number of carbonyl (C=O) groups is 1. The van der Waals surface area contributed by atoms with Crippen molar-refractivity contribution in [2.45, 2.75) is 20.0 Å². The van der Waals surface area contributed by atoms with E-state index in [0.717, 1.165) is 23.4 Å². The van der Waals surface area contributed by atoms with E-state index in [1.165, 1.54) is 5.56 Å². The second kappa shape index (κ2) is 8.15. The van der Waals surface area contributed by atoms with Gasteiger partial charge in [0.1, 0.15) is 12.4 Å². The van der Waals surface area contributed by atoms with Crippen LogP contribution in [0.1, 0.15) is 28.4 Å². The quantitative estimate of drug-likeness (QED) is 0.684. The Bertz CT molecular complexity index is 809. The molecule has 3 aromatic rings. The fraction of sp³-hybridized carbons (Fsp3) is 0.136. The second-order valence-corrected chi connectivity index (χ2v) is 5.80. The van der Waals surface area contributed by atoms with Gasteiger partial charge in [0.05, 0.1) is 0 Å².